The van der Waals surface area contributed by atoms with Crippen LogP contribution in [0.4, 0.5) is 5.82 Å². The van der Waals surface area contributed by atoms with E-state index in [1.54, 1.807) is 18.5 Å². The first kappa shape index (κ1) is 24.1. The third-order valence-corrected chi connectivity index (χ3v) is 6.94. The lowest BCUT2D eigenvalue weighted by Crippen LogP contribution is -2.41. The molecule has 1 aromatic rings. The normalized spacial score (nSPS) is 25.8. The van der Waals surface area contributed by atoms with Crippen LogP contribution in [0.5, 0.6) is 0 Å². The number of carbonyl (C=O) groups is 1. The number of aliphatic hydroxyl groups excluding tert-OH is 1. The fourth-order valence-corrected chi connectivity index (χ4v) is 5.07. The maximum Gasteiger partial charge on any atom is 0.267 e. The average Bonchev–Trinajstić information content (AvgIpc) is 3.29. The predicted octanol–water partition coefficient (Wildman–Crippen LogP) is 2.49. The number of carbonyl (C=O) groups excluding carboxylic acids is 1. The molecule has 3 heterocycles. The number of hydrogen-bond donors (Lipinski definition) is 3. The molecule has 1 aromatic heterocycles. The van der Waals surface area contributed by atoms with E-state index in [1.807, 2.05) is 0 Å². The van der Waals surface area contributed by atoms with Crippen LogP contribution in [0.1, 0.15) is 63.5 Å². The van der Waals surface area contributed by atoms with Crippen molar-refractivity contribution in [2.75, 3.05) is 38.2 Å². The van der Waals surface area contributed by atoms with Crippen LogP contribution in [0.15, 0.2) is 18.5 Å². The van der Waals surface area contributed by atoms with E-state index < -0.39 is 0 Å². The summed E-state index contributed by atoms with van der Waals surface area (Å²) < 4.78 is 5.41. The number of rotatable bonds is 9. The molecule has 0 bridgehead atoms. The minimum Gasteiger partial charge on any atom is -0.396 e. The van der Waals surface area contributed by atoms with Gasteiger partial charge in [-0.15, -0.1) is 0 Å². The van der Waals surface area contributed by atoms with Crippen molar-refractivity contribution in [1.82, 2.24) is 20.3 Å². The number of ether oxygens (including phenoxy) is 1. The van der Waals surface area contributed by atoms with E-state index in [0.29, 0.717) is 24.9 Å². The number of anilines is 1. The third-order valence-electron chi connectivity index (χ3n) is 6.94. The lowest BCUT2D eigenvalue weighted by molar-refractivity contribution is -0.198. The zero-order chi connectivity index (χ0) is 22.9. The molecule has 9 heteroatoms. The van der Waals surface area contributed by atoms with E-state index in [-0.39, 0.29) is 17.6 Å². The van der Waals surface area contributed by atoms with Crippen LogP contribution < -0.4 is 10.8 Å². The van der Waals surface area contributed by atoms with Gasteiger partial charge in [0.1, 0.15) is 5.82 Å². The molecule has 0 aromatic carbocycles. The van der Waals surface area contributed by atoms with Gasteiger partial charge in [-0.3, -0.25) is 9.78 Å². The van der Waals surface area contributed by atoms with Crippen LogP contribution in [0.3, 0.4) is 0 Å². The summed E-state index contributed by atoms with van der Waals surface area (Å²) in [7, 11) is 0. The predicted molar refractivity (Wildman–Crippen MR) is 125 cm³/mol. The molecular formula is C24H37N5O4. The van der Waals surface area contributed by atoms with Crippen molar-refractivity contribution in [3.05, 3.63) is 24.2 Å². The highest BCUT2D eigenvalue weighted by molar-refractivity contribution is 5.90. The van der Waals surface area contributed by atoms with Gasteiger partial charge in [0.05, 0.1) is 18.1 Å². The van der Waals surface area contributed by atoms with Crippen molar-refractivity contribution in [3.63, 3.8) is 0 Å². The van der Waals surface area contributed by atoms with Crippen LogP contribution in [-0.2, 0) is 14.4 Å². The average molecular weight is 460 g/mol. The highest BCUT2D eigenvalue weighted by atomic mass is 16.8. The zero-order valence-corrected chi connectivity index (χ0v) is 19.4. The van der Waals surface area contributed by atoms with Crippen LogP contribution in [0.2, 0.25) is 0 Å². The molecule has 0 radical (unpaired) electrons. The second-order valence-electron chi connectivity index (χ2n) is 9.62. The number of nitrogens with zero attached hydrogens (tertiary/aromatic N) is 3. The number of aliphatic hydroxyl groups is 1. The standard InChI is InChI=1S/C24H37N5O4/c30-18-24(10-3-1-4-11-24)17-29-12-9-20(16-29)27-21-15-25-19(14-26-21)7-8-22(31)28-33-23-6-2-5-13-32-23/h7-8,14-15,20,23,30H,1-6,9-13,16-18H2,(H,26,27)(H,28,31)/t20-,23?/m1/s1. The van der Waals surface area contributed by atoms with E-state index in [4.69, 9.17) is 9.57 Å². The molecule has 182 valence electrons. The molecule has 2 atom stereocenters. The van der Waals surface area contributed by atoms with Gasteiger partial charge in [-0.05, 0) is 38.2 Å². The summed E-state index contributed by atoms with van der Waals surface area (Å²) in [5.41, 5.74) is 3.07. The molecule has 0 spiro atoms. The van der Waals surface area contributed by atoms with Crippen molar-refractivity contribution >= 4 is 17.8 Å². The fourth-order valence-electron chi connectivity index (χ4n) is 5.07. The monoisotopic (exact) mass is 459 g/mol. The largest absolute Gasteiger partial charge is 0.396 e. The van der Waals surface area contributed by atoms with Gasteiger partial charge in [0.15, 0.2) is 6.29 Å². The highest BCUT2D eigenvalue weighted by Crippen LogP contribution is 2.37. The first-order chi connectivity index (χ1) is 16.1. The van der Waals surface area contributed by atoms with Crippen LogP contribution in [0, 0.1) is 5.41 Å². The number of aromatic nitrogens is 2. The maximum absolute atomic E-state index is 11.9. The Morgan fingerprint density at radius 2 is 2.09 bits per heavy atom. The van der Waals surface area contributed by atoms with Gasteiger partial charge >= 0.3 is 0 Å². The molecular weight excluding hydrogens is 422 g/mol. The van der Waals surface area contributed by atoms with Crippen molar-refractivity contribution < 1.29 is 19.5 Å². The summed E-state index contributed by atoms with van der Waals surface area (Å²) in [6.45, 7) is 3.93. The molecule has 3 N–H and O–H groups in total. The van der Waals surface area contributed by atoms with Gasteiger partial charge in [-0.25, -0.2) is 15.3 Å². The Labute approximate surface area is 195 Å². The molecule has 3 aliphatic rings. The van der Waals surface area contributed by atoms with E-state index in [9.17, 15) is 9.90 Å². The SMILES string of the molecule is O=C(C=Cc1cnc(N[C@@H]2CCN(CC3(CO)CCCCC3)C2)cn1)NOC1CCCCO1. The molecule has 4 rings (SSSR count). The molecule has 1 amide bonds. The Hall–Kier alpha value is -2.07. The maximum atomic E-state index is 11.9. The summed E-state index contributed by atoms with van der Waals surface area (Å²) >= 11 is 0. The quantitative estimate of drug-likeness (QED) is 0.382. The number of likely N-dealkylation sites (tertiary alicyclic amines) is 1. The van der Waals surface area contributed by atoms with Crippen molar-refractivity contribution in [3.8, 4) is 0 Å². The summed E-state index contributed by atoms with van der Waals surface area (Å²) in [6, 6.07) is 0.324. The zero-order valence-electron chi connectivity index (χ0n) is 19.4. The molecule has 1 aliphatic carbocycles. The van der Waals surface area contributed by atoms with E-state index in [1.165, 1.54) is 25.3 Å². The highest BCUT2D eigenvalue weighted by Gasteiger charge is 2.35. The molecule has 3 fully saturated rings. The molecule has 1 unspecified atom stereocenters. The molecule has 2 aliphatic heterocycles. The van der Waals surface area contributed by atoms with Gasteiger partial charge in [0, 0.05) is 56.8 Å². The number of hydroxylamine groups is 1. The Balaban J connectivity index is 1.19. The van der Waals surface area contributed by atoms with Gasteiger partial charge in [0.2, 0.25) is 0 Å². The smallest absolute Gasteiger partial charge is 0.267 e. The van der Waals surface area contributed by atoms with Crippen LogP contribution in [-0.4, -0.2) is 71.1 Å². The Kier molecular flexibility index (Phi) is 8.66. The number of hydrogen-bond acceptors (Lipinski definition) is 8. The minimum atomic E-state index is -0.371. The van der Waals surface area contributed by atoms with Crippen molar-refractivity contribution in [1.29, 1.82) is 0 Å². The third kappa shape index (κ3) is 7.20. The second kappa shape index (κ2) is 11.9. The number of amides is 1. The Morgan fingerprint density at radius 1 is 1.21 bits per heavy atom. The Bertz CT molecular complexity index is 776. The van der Waals surface area contributed by atoms with Crippen LogP contribution >= 0.6 is 0 Å². The molecule has 33 heavy (non-hydrogen) atoms. The summed E-state index contributed by atoms with van der Waals surface area (Å²) in [4.78, 5) is 28.5. The van der Waals surface area contributed by atoms with Crippen molar-refractivity contribution in [2.45, 2.75) is 70.1 Å². The fraction of sp³-hybridized carbons (Fsp3) is 0.708. The number of nitrogens with one attached hydrogen (secondary N) is 2. The summed E-state index contributed by atoms with van der Waals surface area (Å²) in [5, 5.41) is 13.5. The molecule has 1 saturated carbocycles. The molecule has 9 nitrogen and oxygen atoms in total. The van der Waals surface area contributed by atoms with Gasteiger partial charge in [-0.2, -0.15) is 0 Å². The van der Waals surface area contributed by atoms with Crippen LogP contribution in [0.25, 0.3) is 6.08 Å². The van der Waals surface area contributed by atoms with Crippen molar-refractivity contribution in [2.24, 2.45) is 5.41 Å². The summed E-state index contributed by atoms with van der Waals surface area (Å²) in [5.74, 6) is 0.369. The van der Waals surface area contributed by atoms with E-state index in [0.717, 1.165) is 64.0 Å². The summed E-state index contributed by atoms with van der Waals surface area (Å²) in [6.07, 6.45) is 15.9. The van der Waals surface area contributed by atoms with Gasteiger partial charge < -0.3 is 20.1 Å². The lowest BCUT2D eigenvalue weighted by atomic mass is 9.74. The topological polar surface area (TPSA) is 109 Å². The molecule has 2 saturated heterocycles. The van der Waals surface area contributed by atoms with Gasteiger partial charge in [0.25, 0.3) is 5.91 Å². The Morgan fingerprint density at radius 3 is 2.82 bits per heavy atom. The minimum absolute atomic E-state index is 0.0850. The van der Waals surface area contributed by atoms with Gasteiger partial charge in [-0.1, -0.05) is 19.3 Å². The first-order valence-corrected chi connectivity index (χ1v) is 12.3. The van der Waals surface area contributed by atoms with E-state index >= 15 is 0 Å². The lowest BCUT2D eigenvalue weighted by Gasteiger charge is -2.38. The first-order valence-electron chi connectivity index (χ1n) is 12.3. The van der Waals surface area contributed by atoms with E-state index in [2.05, 4.69) is 25.7 Å². The second-order valence-corrected chi connectivity index (χ2v) is 9.62.